The third kappa shape index (κ3) is 3.36. The van der Waals surface area contributed by atoms with Crippen LogP contribution in [-0.4, -0.2) is 44.8 Å². The minimum Gasteiger partial charge on any atom is -0.480 e. The number of nitrogens with zero attached hydrogens (tertiary/aromatic N) is 2. The van der Waals surface area contributed by atoms with Crippen molar-refractivity contribution in [2.24, 2.45) is 11.8 Å². The van der Waals surface area contributed by atoms with E-state index in [9.17, 15) is 19.8 Å². The lowest BCUT2D eigenvalue weighted by atomic mass is 9.88. The molecular weight excluding hydrogens is 404 g/mol. The van der Waals surface area contributed by atoms with E-state index in [4.69, 9.17) is 0 Å². The predicted octanol–water partition coefficient (Wildman–Crippen LogP) is 2.81. The zero-order valence-electron chi connectivity index (χ0n) is 17.7. The molecule has 2 aliphatic rings. The molecule has 2 aliphatic heterocycles. The Morgan fingerprint density at radius 1 is 0.969 bits per heavy atom. The number of carboxylic acid groups (broad SMARTS) is 1. The molecule has 32 heavy (non-hydrogen) atoms. The average molecular weight is 431 g/mol. The van der Waals surface area contributed by atoms with Crippen molar-refractivity contribution in [3.05, 3.63) is 94.4 Å². The summed E-state index contributed by atoms with van der Waals surface area (Å²) in [6.07, 6.45) is 0.707. The Bertz CT molecular complexity index is 1180. The largest absolute Gasteiger partial charge is 0.480 e. The second-order valence-corrected chi connectivity index (χ2v) is 8.67. The number of carbonyl (C=O) groups is 1. The Hall–Kier alpha value is -3.22. The highest BCUT2D eigenvalue weighted by Gasteiger charge is 2.55. The quantitative estimate of drug-likeness (QED) is 0.628. The summed E-state index contributed by atoms with van der Waals surface area (Å²) < 4.78 is 1.79. The van der Waals surface area contributed by atoms with E-state index in [1.807, 2.05) is 77.7 Å². The molecule has 4 atom stereocenters. The first kappa shape index (κ1) is 20.7. The topological polar surface area (TPSA) is 82.8 Å². The van der Waals surface area contributed by atoms with Gasteiger partial charge < -0.3 is 14.8 Å². The van der Waals surface area contributed by atoms with Gasteiger partial charge in [-0.15, -0.1) is 0 Å². The number of aliphatic hydroxyl groups is 1. The molecule has 2 N–H and O–H groups in total. The molecule has 1 aromatic heterocycles. The summed E-state index contributed by atoms with van der Waals surface area (Å²) >= 11 is 0. The van der Waals surface area contributed by atoms with E-state index in [0.717, 1.165) is 16.8 Å². The van der Waals surface area contributed by atoms with Gasteiger partial charge in [-0.1, -0.05) is 60.7 Å². The lowest BCUT2D eigenvalue weighted by Crippen LogP contribution is -2.43. The van der Waals surface area contributed by atoms with Gasteiger partial charge in [0.05, 0.1) is 6.04 Å². The maximum absolute atomic E-state index is 13.4. The Morgan fingerprint density at radius 3 is 2.31 bits per heavy atom. The van der Waals surface area contributed by atoms with Crippen LogP contribution in [0.1, 0.15) is 17.3 Å². The van der Waals surface area contributed by atoms with Crippen molar-refractivity contribution < 1.29 is 15.0 Å². The molecule has 0 unspecified atom stereocenters. The van der Waals surface area contributed by atoms with Crippen LogP contribution in [0.5, 0.6) is 0 Å². The Labute approximate surface area is 186 Å². The Kier molecular flexibility index (Phi) is 5.41. The summed E-state index contributed by atoms with van der Waals surface area (Å²) in [6.45, 7) is 0.762. The van der Waals surface area contributed by atoms with Gasteiger partial charge in [-0.2, -0.15) is 0 Å². The minimum atomic E-state index is -0.915. The van der Waals surface area contributed by atoms with Crippen LogP contribution in [0.4, 0.5) is 0 Å². The number of fused-ring (bicyclic) bond motifs is 3. The van der Waals surface area contributed by atoms with E-state index in [-0.39, 0.29) is 24.1 Å². The van der Waals surface area contributed by atoms with Crippen molar-refractivity contribution in [2.45, 2.75) is 25.0 Å². The molecule has 0 bridgehead atoms. The van der Waals surface area contributed by atoms with Gasteiger partial charge in [0.25, 0.3) is 5.56 Å². The summed E-state index contributed by atoms with van der Waals surface area (Å²) in [6, 6.07) is 22.4. The summed E-state index contributed by atoms with van der Waals surface area (Å²) in [5, 5.41) is 20.2. The van der Waals surface area contributed by atoms with Crippen LogP contribution in [-0.2, 0) is 17.8 Å². The normalized spacial score (nSPS) is 24.3. The van der Waals surface area contributed by atoms with E-state index in [0.29, 0.717) is 25.1 Å². The molecule has 5 rings (SSSR count). The maximum Gasteiger partial charge on any atom is 0.321 e. The highest BCUT2D eigenvalue weighted by molar-refractivity contribution is 5.75. The van der Waals surface area contributed by atoms with Gasteiger partial charge in [0.15, 0.2) is 0 Å². The zero-order valence-corrected chi connectivity index (χ0v) is 17.7. The summed E-state index contributed by atoms with van der Waals surface area (Å²) in [5.41, 5.74) is 3.42. The molecule has 6 nitrogen and oxygen atoms in total. The number of carboxylic acids is 1. The monoisotopic (exact) mass is 430 g/mol. The third-order valence-electron chi connectivity index (χ3n) is 7.03. The number of hydrogen-bond donors (Lipinski definition) is 2. The number of aliphatic hydroxyl groups excluding tert-OH is 1. The molecule has 0 saturated carbocycles. The van der Waals surface area contributed by atoms with Gasteiger partial charge in [-0.25, -0.2) is 0 Å². The van der Waals surface area contributed by atoms with Gasteiger partial charge in [-0.3, -0.25) is 14.5 Å². The van der Waals surface area contributed by atoms with Crippen LogP contribution in [0.2, 0.25) is 0 Å². The van der Waals surface area contributed by atoms with E-state index < -0.39 is 17.9 Å². The van der Waals surface area contributed by atoms with E-state index >= 15 is 0 Å². The smallest absolute Gasteiger partial charge is 0.321 e. The molecule has 3 aromatic rings. The summed E-state index contributed by atoms with van der Waals surface area (Å²) in [7, 11) is 0. The number of hydrogen-bond acceptors (Lipinski definition) is 4. The molecule has 2 aromatic carbocycles. The van der Waals surface area contributed by atoms with Crippen molar-refractivity contribution in [2.75, 3.05) is 13.2 Å². The van der Waals surface area contributed by atoms with Gasteiger partial charge in [0, 0.05) is 42.8 Å². The van der Waals surface area contributed by atoms with Crippen LogP contribution in [0.25, 0.3) is 11.1 Å². The number of benzene rings is 2. The lowest BCUT2D eigenvalue weighted by Gasteiger charge is -2.29. The molecule has 0 radical (unpaired) electrons. The predicted molar refractivity (Wildman–Crippen MR) is 121 cm³/mol. The van der Waals surface area contributed by atoms with Crippen molar-refractivity contribution in [3.8, 4) is 11.1 Å². The first-order chi connectivity index (χ1) is 15.6. The number of rotatable bonds is 6. The molecule has 0 aliphatic carbocycles. The minimum absolute atomic E-state index is 0.0605. The fourth-order valence-corrected chi connectivity index (χ4v) is 5.59. The Morgan fingerprint density at radius 2 is 1.66 bits per heavy atom. The molecule has 1 fully saturated rings. The van der Waals surface area contributed by atoms with Crippen LogP contribution in [0.15, 0.2) is 77.6 Å². The highest BCUT2D eigenvalue weighted by Crippen LogP contribution is 2.49. The number of likely N-dealkylation sites (tertiary alicyclic amines) is 1. The first-order valence-corrected chi connectivity index (χ1v) is 11.0. The zero-order chi connectivity index (χ0) is 22.2. The maximum atomic E-state index is 13.4. The van der Waals surface area contributed by atoms with Crippen LogP contribution < -0.4 is 5.56 Å². The van der Waals surface area contributed by atoms with Gasteiger partial charge in [0.1, 0.15) is 6.04 Å². The molecule has 1 saturated heterocycles. The fourth-order valence-electron chi connectivity index (χ4n) is 5.59. The first-order valence-electron chi connectivity index (χ1n) is 11.0. The van der Waals surface area contributed by atoms with E-state index in [2.05, 4.69) is 0 Å². The number of aliphatic carboxylic acids is 1. The van der Waals surface area contributed by atoms with Crippen LogP contribution in [0, 0.1) is 11.8 Å². The average Bonchev–Trinajstić information content (AvgIpc) is 3.34. The number of aromatic nitrogens is 1. The van der Waals surface area contributed by atoms with Crippen molar-refractivity contribution in [3.63, 3.8) is 0 Å². The van der Waals surface area contributed by atoms with Gasteiger partial charge >= 0.3 is 5.97 Å². The third-order valence-corrected chi connectivity index (χ3v) is 7.03. The molecule has 0 amide bonds. The van der Waals surface area contributed by atoms with Crippen LogP contribution >= 0.6 is 0 Å². The van der Waals surface area contributed by atoms with Crippen LogP contribution in [0.3, 0.4) is 0 Å². The van der Waals surface area contributed by atoms with E-state index in [1.165, 1.54) is 0 Å². The number of pyridine rings is 1. The molecule has 0 spiro atoms. The molecule has 164 valence electrons. The lowest BCUT2D eigenvalue weighted by molar-refractivity contribution is -0.144. The SMILES string of the molecule is O=C(O)[C@@H]1[C@@H](CO)[C@@H]2Cn3c(ccc(-c4ccccc4)c3=O)[C@@H]2N1CCc1ccccc1. The van der Waals surface area contributed by atoms with Crippen molar-refractivity contribution in [1.29, 1.82) is 0 Å². The second kappa shape index (κ2) is 8.37. The van der Waals surface area contributed by atoms with E-state index in [1.54, 1.807) is 4.57 Å². The summed E-state index contributed by atoms with van der Waals surface area (Å²) in [5.74, 6) is -1.45. The Balaban J connectivity index is 1.54. The van der Waals surface area contributed by atoms with Gasteiger partial charge in [0.2, 0.25) is 0 Å². The fraction of sp³-hybridized carbons (Fsp3) is 0.308. The molecule has 6 heteroatoms. The highest BCUT2D eigenvalue weighted by atomic mass is 16.4. The standard InChI is InChI=1S/C26H26N2O4/c29-16-21-20-15-28-22(12-11-19(25(28)30)18-9-5-2-6-10-18)23(20)27(24(21)26(31)32)14-13-17-7-3-1-4-8-17/h1-12,20-21,23-24,29H,13-16H2,(H,31,32)/t20-,21-,23+,24-/m0/s1. The van der Waals surface area contributed by atoms with Crippen molar-refractivity contribution >= 4 is 5.97 Å². The molecular formula is C26H26N2O4. The van der Waals surface area contributed by atoms with Gasteiger partial charge in [-0.05, 0) is 29.7 Å². The molecule has 3 heterocycles. The second-order valence-electron chi connectivity index (χ2n) is 8.67. The van der Waals surface area contributed by atoms with Crippen molar-refractivity contribution in [1.82, 2.24) is 9.47 Å². The summed E-state index contributed by atoms with van der Waals surface area (Å²) in [4.78, 5) is 27.6.